The largest absolute Gasteiger partial charge is 0.507 e. The number of nitrogens with zero attached hydrogens (tertiary/aromatic N) is 3. The topological polar surface area (TPSA) is 87.6 Å². The summed E-state index contributed by atoms with van der Waals surface area (Å²) < 4.78 is 19.7. The normalized spacial score (nSPS) is 16.1. The van der Waals surface area contributed by atoms with Gasteiger partial charge in [0.25, 0.3) is 0 Å². The summed E-state index contributed by atoms with van der Waals surface area (Å²) in [5.41, 5.74) is 0.896. The van der Waals surface area contributed by atoms with Crippen LogP contribution < -0.4 is 10.2 Å². The predicted octanol–water partition coefficient (Wildman–Crippen LogP) is 4.10. The molecule has 0 aliphatic carbocycles. The van der Waals surface area contributed by atoms with Crippen LogP contribution in [0.2, 0.25) is 0 Å². The van der Waals surface area contributed by atoms with E-state index in [0.29, 0.717) is 29.4 Å². The SMILES string of the molecule is CC(C)COC(=O)N(c1nc(-c2ccccc2O)nc2ccc(F)cc12)C1CCNC1. The van der Waals surface area contributed by atoms with E-state index in [1.807, 2.05) is 13.8 Å². The molecule has 162 valence electrons. The highest BCUT2D eigenvalue weighted by Gasteiger charge is 2.32. The number of benzene rings is 2. The molecule has 1 amide bonds. The van der Waals surface area contributed by atoms with Gasteiger partial charge in [-0.25, -0.2) is 19.2 Å². The van der Waals surface area contributed by atoms with Crippen LogP contribution in [0, 0.1) is 11.7 Å². The van der Waals surface area contributed by atoms with Gasteiger partial charge in [0.05, 0.1) is 23.7 Å². The van der Waals surface area contributed by atoms with Gasteiger partial charge in [-0.1, -0.05) is 26.0 Å². The minimum absolute atomic E-state index is 0.0198. The lowest BCUT2D eigenvalue weighted by atomic mass is 10.1. The highest BCUT2D eigenvalue weighted by Crippen LogP contribution is 2.33. The summed E-state index contributed by atoms with van der Waals surface area (Å²) in [7, 11) is 0. The van der Waals surface area contributed by atoms with Crippen LogP contribution in [0.3, 0.4) is 0 Å². The standard InChI is InChI=1S/C23H25FN4O3/c1-14(2)13-31-23(30)28(16-9-10-25-12-16)22-18-11-15(24)7-8-19(18)26-21(27-22)17-5-3-4-6-20(17)29/h3-8,11,14,16,25,29H,9-10,12-13H2,1-2H3. The van der Waals surface area contributed by atoms with Crippen molar-refractivity contribution in [3.8, 4) is 17.1 Å². The number of rotatable bonds is 5. The summed E-state index contributed by atoms with van der Waals surface area (Å²) in [6, 6.07) is 10.7. The highest BCUT2D eigenvalue weighted by atomic mass is 19.1. The fraction of sp³-hybridized carbons (Fsp3) is 0.348. The van der Waals surface area contributed by atoms with Gasteiger partial charge in [-0.15, -0.1) is 0 Å². The zero-order valence-corrected chi connectivity index (χ0v) is 17.5. The number of carbonyl (C=O) groups is 1. The van der Waals surface area contributed by atoms with Crippen molar-refractivity contribution in [3.05, 3.63) is 48.3 Å². The summed E-state index contributed by atoms with van der Waals surface area (Å²) in [6.45, 7) is 5.51. The fourth-order valence-electron chi connectivity index (χ4n) is 3.63. The molecule has 8 heteroatoms. The monoisotopic (exact) mass is 424 g/mol. The lowest BCUT2D eigenvalue weighted by Crippen LogP contribution is -2.43. The van der Waals surface area contributed by atoms with Crippen molar-refractivity contribution in [3.63, 3.8) is 0 Å². The number of amides is 1. The van der Waals surface area contributed by atoms with Gasteiger partial charge in [0.15, 0.2) is 5.82 Å². The Balaban J connectivity index is 1.90. The third-order valence-corrected chi connectivity index (χ3v) is 5.15. The molecule has 2 N–H and O–H groups in total. The maximum absolute atomic E-state index is 14.2. The third kappa shape index (κ3) is 4.44. The van der Waals surface area contributed by atoms with Gasteiger partial charge in [-0.05, 0) is 49.2 Å². The molecule has 1 aromatic heterocycles. The number of anilines is 1. The second kappa shape index (κ2) is 8.85. The number of ether oxygens (including phenoxy) is 1. The van der Waals surface area contributed by atoms with Crippen LogP contribution in [0.25, 0.3) is 22.3 Å². The molecule has 4 rings (SSSR count). The molecular weight excluding hydrogens is 399 g/mol. The molecule has 2 aromatic carbocycles. The van der Waals surface area contributed by atoms with E-state index < -0.39 is 11.9 Å². The number of hydrogen-bond donors (Lipinski definition) is 2. The number of halogens is 1. The quantitative estimate of drug-likeness (QED) is 0.641. The van der Waals surface area contributed by atoms with Gasteiger partial charge in [0, 0.05) is 11.9 Å². The van der Waals surface area contributed by atoms with Crippen molar-refractivity contribution >= 4 is 22.8 Å². The van der Waals surface area contributed by atoms with E-state index in [4.69, 9.17) is 4.74 Å². The molecule has 31 heavy (non-hydrogen) atoms. The Bertz CT molecular complexity index is 1100. The molecule has 7 nitrogen and oxygen atoms in total. The molecule has 2 heterocycles. The van der Waals surface area contributed by atoms with Crippen LogP contribution in [0.5, 0.6) is 5.75 Å². The van der Waals surface area contributed by atoms with Crippen molar-refractivity contribution in [1.29, 1.82) is 0 Å². The average Bonchev–Trinajstić information content (AvgIpc) is 3.27. The van der Waals surface area contributed by atoms with E-state index >= 15 is 0 Å². The number of fused-ring (bicyclic) bond motifs is 1. The number of carbonyl (C=O) groups excluding carboxylic acids is 1. The summed E-state index contributed by atoms with van der Waals surface area (Å²) >= 11 is 0. The van der Waals surface area contributed by atoms with Gasteiger partial charge in [0.2, 0.25) is 0 Å². The molecule has 1 unspecified atom stereocenters. The minimum Gasteiger partial charge on any atom is -0.507 e. The number of nitrogens with one attached hydrogen (secondary N) is 1. The zero-order chi connectivity index (χ0) is 22.0. The van der Waals surface area contributed by atoms with Gasteiger partial charge < -0.3 is 15.2 Å². The Morgan fingerprint density at radius 2 is 2.10 bits per heavy atom. The van der Waals surface area contributed by atoms with Gasteiger partial charge in [-0.3, -0.25) is 4.90 Å². The molecule has 1 fully saturated rings. The summed E-state index contributed by atoms with van der Waals surface area (Å²) in [4.78, 5) is 23.8. The van der Waals surface area contributed by atoms with Crippen molar-refractivity contribution < 1.29 is 19.0 Å². The predicted molar refractivity (Wildman–Crippen MR) is 117 cm³/mol. The minimum atomic E-state index is -0.533. The highest BCUT2D eigenvalue weighted by molar-refractivity contribution is 5.99. The molecule has 0 radical (unpaired) electrons. The molecule has 3 aromatic rings. The van der Waals surface area contributed by atoms with Crippen molar-refractivity contribution in [2.24, 2.45) is 5.92 Å². The number of aromatic nitrogens is 2. The Hall–Kier alpha value is -3.26. The summed E-state index contributed by atoms with van der Waals surface area (Å²) in [6.07, 6.45) is 0.179. The van der Waals surface area contributed by atoms with E-state index in [-0.39, 0.29) is 36.0 Å². The van der Waals surface area contributed by atoms with Crippen LogP contribution in [0.1, 0.15) is 20.3 Å². The van der Waals surface area contributed by atoms with Crippen LogP contribution in [0.4, 0.5) is 15.0 Å². The third-order valence-electron chi connectivity index (χ3n) is 5.15. The Kier molecular flexibility index (Phi) is 5.99. The van der Waals surface area contributed by atoms with Crippen LogP contribution in [-0.2, 0) is 4.74 Å². The molecule has 1 atom stereocenters. The second-order valence-electron chi connectivity index (χ2n) is 8.04. The number of hydrogen-bond acceptors (Lipinski definition) is 6. The Morgan fingerprint density at radius 3 is 2.81 bits per heavy atom. The van der Waals surface area contributed by atoms with Crippen LogP contribution in [0.15, 0.2) is 42.5 Å². The maximum Gasteiger partial charge on any atom is 0.415 e. The van der Waals surface area contributed by atoms with Crippen molar-refractivity contribution in [1.82, 2.24) is 15.3 Å². The lowest BCUT2D eigenvalue weighted by molar-refractivity contribution is 0.138. The Morgan fingerprint density at radius 1 is 1.29 bits per heavy atom. The fourth-order valence-corrected chi connectivity index (χ4v) is 3.63. The molecule has 0 bridgehead atoms. The number of aromatic hydroxyl groups is 1. The first-order chi connectivity index (χ1) is 14.9. The summed E-state index contributed by atoms with van der Waals surface area (Å²) in [5.74, 6) is 0.257. The van der Waals surface area contributed by atoms with Gasteiger partial charge in [-0.2, -0.15) is 0 Å². The van der Waals surface area contributed by atoms with Crippen molar-refractivity contribution in [2.45, 2.75) is 26.3 Å². The van der Waals surface area contributed by atoms with Gasteiger partial charge >= 0.3 is 6.09 Å². The molecular formula is C23H25FN4O3. The van der Waals surface area contributed by atoms with E-state index in [1.54, 1.807) is 30.3 Å². The van der Waals surface area contributed by atoms with E-state index in [0.717, 1.165) is 6.54 Å². The first kappa shape index (κ1) is 21.0. The maximum atomic E-state index is 14.2. The molecule has 1 aliphatic rings. The number of para-hydroxylation sites is 1. The van der Waals surface area contributed by atoms with Crippen LogP contribution in [-0.4, -0.2) is 46.9 Å². The van der Waals surface area contributed by atoms with Gasteiger partial charge in [0.1, 0.15) is 17.4 Å². The first-order valence-electron chi connectivity index (χ1n) is 10.4. The average molecular weight is 424 g/mol. The number of phenolic OH excluding ortho intramolecular Hbond substituents is 1. The smallest absolute Gasteiger partial charge is 0.415 e. The molecule has 0 spiro atoms. The molecule has 1 saturated heterocycles. The van der Waals surface area contributed by atoms with Crippen molar-refractivity contribution in [2.75, 3.05) is 24.6 Å². The zero-order valence-electron chi connectivity index (χ0n) is 17.5. The summed E-state index contributed by atoms with van der Waals surface area (Å²) in [5, 5.41) is 14.0. The molecule has 1 aliphatic heterocycles. The second-order valence-corrected chi connectivity index (χ2v) is 8.04. The van der Waals surface area contributed by atoms with E-state index in [1.165, 1.54) is 17.0 Å². The first-order valence-corrected chi connectivity index (χ1v) is 10.4. The van der Waals surface area contributed by atoms with E-state index in [9.17, 15) is 14.3 Å². The Labute approximate surface area is 179 Å². The van der Waals surface area contributed by atoms with E-state index in [2.05, 4.69) is 15.3 Å². The lowest BCUT2D eigenvalue weighted by Gasteiger charge is -2.28. The van der Waals surface area contributed by atoms with Crippen LogP contribution >= 0.6 is 0 Å². The number of phenols is 1. The molecule has 0 saturated carbocycles.